The molecule has 1 aromatic carbocycles. The highest BCUT2D eigenvalue weighted by molar-refractivity contribution is 5.36. The lowest BCUT2D eigenvalue weighted by Crippen LogP contribution is -2.23. The van der Waals surface area contributed by atoms with E-state index in [9.17, 15) is 0 Å². The summed E-state index contributed by atoms with van der Waals surface area (Å²) in [6.45, 7) is 8.97. The van der Waals surface area contributed by atoms with E-state index in [2.05, 4.69) is 45.1 Å². The number of hydrogen-bond acceptors (Lipinski definition) is 2. The topological polar surface area (TPSA) is 21.3 Å². The van der Waals surface area contributed by atoms with Gasteiger partial charge in [0.25, 0.3) is 0 Å². The van der Waals surface area contributed by atoms with Gasteiger partial charge in [0.15, 0.2) is 0 Å². The van der Waals surface area contributed by atoms with Crippen LogP contribution < -0.4 is 10.1 Å². The first-order chi connectivity index (χ1) is 7.87. The first-order valence-corrected chi connectivity index (χ1v) is 6.19. The Balaban J connectivity index is 2.96. The Morgan fingerprint density at radius 2 is 1.94 bits per heavy atom. The van der Waals surface area contributed by atoms with Gasteiger partial charge in [0.05, 0.1) is 7.11 Å². The van der Waals surface area contributed by atoms with Gasteiger partial charge in [-0.3, -0.25) is 0 Å². The lowest BCUT2D eigenvalue weighted by molar-refractivity contribution is 0.320. The highest BCUT2D eigenvalue weighted by Gasteiger charge is 2.20. The van der Waals surface area contributed by atoms with Crippen LogP contribution in [0, 0.1) is 12.3 Å². The molecule has 1 rings (SSSR count). The van der Waals surface area contributed by atoms with Gasteiger partial charge in [0.2, 0.25) is 0 Å². The molecule has 0 aliphatic rings. The Morgan fingerprint density at radius 3 is 2.35 bits per heavy atom. The van der Waals surface area contributed by atoms with Crippen LogP contribution >= 0.6 is 0 Å². The fourth-order valence-corrected chi connectivity index (χ4v) is 2.15. The molecule has 0 aliphatic carbocycles. The minimum Gasteiger partial charge on any atom is -0.497 e. The zero-order chi connectivity index (χ0) is 13.1. The highest BCUT2D eigenvalue weighted by Crippen LogP contribution is 2.31. The van der Waals surface area contributed by atoms with Crippen molar-refractivity contribution in [3.8, 4) is 5.75 Å². The molecule has 1 aromatic rings. The van der Waals surface area contributed by atoms with E-state index in [1.807, 2.05) is 13.1 Å². The second kappa shape index (κ2) is 5.54. The molecule has 2 nitrogen and oxygen atoms in total. The van der Waals surface area contributed by atoms with Gasteiger partial charge in [0, 0.05) is 6.04 Å². The molecule has 0 bridgehead atoms. The van der Waals surface area contributed by atoms with E-state index in [4.69, 9.17) is 4.74 Å². The SMILES string of the molecule is CNC(CC(C)(C)C)c1ccc(OC)cc1C. The summed E-state index contributed by atoms with van der Waals surface area (Å²) >= 11 is 0. The summed E-state index contributed by atoms with van der Waals surface area (Å²) in [6, 6.07) is 6.71. The molecule has 1 atom stereocenters. The molecule has 0 spiro atoms. The van der Waals surface area contributed by atoms with Crippen LogP contribution in [0.5, 0.6) is 5.75 Å². The van der Waals surface area contributed by atoms with E-state index >= 15 is 0 Å². The minimum absolute atomic E-state index is 0.319. The smallest absolute Gasteiger partial charge is 0.119 e. The van der Waals surface area contributed by atoms with Crippen molar-refractivity contribution >= 4 is 0 Å². The maximum atomic E-state index is 5.24. The summed E-state index contributed by atoms with van der Waals surface area (Å²) < 4.78 is 5.24. The third-order valence-electron chi connectivity index (χ3n) is 3.02. The third kappa shape index (κ3) is 4.04. The zero-order valence-corrected chi connectivity index (χ0v) is 11.9. The predicted octanol–water partition coefficient (Wildman–Crippen LogP) is 3.70. The number of benzene rings is 1. The molecule has 0 fully saturated rings. The Morgan fingerprint density at radius 1 is 1.29 bits per heavy atom. The van der Waals surface area contributed by atoms with Crippen LogP contribution in [0.2, 0.25) is 0 Å². The average molecular weight is 235 g/mol. The second-order valence-electron chi connectivity index (χ2n) is 5.83. The summed E-state index contributed by atoms with van der Waals surface area (Å²) in [4.78, 5) is 0. The van der Waals surface area contributed by atoms with Gasteiger partial charge < -0.3 is 10.1 Å². The standard InChI is InChI=1S/C15H25NO/c1-11-9-12(17-6)7-8-13(11)14(16-5)10-15(2,3)4/h7-9,14,16H,10H2,1-6H3. The number of hydrogen-bond donors (Lipinski definition) is 1. The molecule has 1 unspecified atom stereocenters. The van der Waals surface area contributed by atoms with Crippen LogP contribution in [0.3, 0.4) is 0 Å². The number of methoxy groups -OCH3 is 1. The van der Waals surface area contributed by atoms with Crippen molar-refractivity contribution in [3.63, 3.8) is 0 Å². The molecule has 17 heavy (non-hydrogen) atoms. The van der Waals surface area contributed by atoms with Gasteiger partial charge in [-0.05, 0) is 49.1 Å². The van der Waals surface area contributed by atoms with Crippen LogP contribution in [-0.4, -0.2) is 14.2 Å². The fraction of sp³-hybridized carbons (Fsp3) is 0.600. The molecular weight excluding hydrogens is 210 g/mol. The first kappa shape index (κ1) is 14.0. The predicted molar refractivity (Wildman–Crippen MR) is 73.6 cm³/mol. The average Bonchev–Trinajstić information content (AvgIpc) is 2.24. The van der Waals surface area contributed by atoms with Crippen molar-refractivity contribution in [2.45, 2.75) is 40.2 Å². The molecule has 0 heterocycles. The normalized spacial score (nSPS) is 13.5. The molecule has 0 saturated heterocycles. The molecule has 0 amide bonds. The number of aryl methyl sites for hydroxylation is 1. The van der Waals surface area contributed by atoms with E-state index in [-0.39, 0.29) is 0 Å². The molecule has 0 radical (unpaired) electrons. The summed E-state index contributed by atoms with van der Waals surface area (Å²) in [5.41, 5.74) is 2.97. The molecule has 96 valence electrons. The van der Waals surface area contributed by atoms with E-state index in [1.54, 1.807) is 7.11 Å². The maximum Gasteiger partial charge on any atom is 0.119 e. The summed E-state index contributed by atoms with van der Waals surface area (Å²) in [5, 5.41) is 3.41. The van der Waals surface area contributed by atoms with Crippen LogP contribution in [0.4, 0.5) is 0 Å². The highest BCUT2D eigenvalue weighted by atomic mass is 16.5. The minimum atomic E-state index is 0.319. The van der Waals surface area contributed by atoms with Crippen molar-refractivity contribution in [3.05, 3.63) is 29.3 Å². The molecule has 1 N–H and O–H groups in total. The number of nitrogens with one attached hydrogen (secondary N) is 1. The van der Waals surface area contributed by atoms with Crippen molar-refractivity contribution in [2.24, 2.45) is 5.41 Å². The van der Waals surface area contributed by atoms with Gasteiger partial charge in [-0.1, -0.05) is 26.8 Å². The third-order valence-corrected chi connectivity index (χ3v) is 3.02. The van der Waals surface area contributed by atoms with Crippen molar-refractivity contribution in [2.75, 3.05) is 14.2 Å². The van der Waals surface area contributed by atoms with Crippen molar-refractivity contribution in [1.82, 2.24) is 5.32 Å². The zero-order valence-electron chi connectivity index (χ0n) is 11.9. The fourth-order valence-electron chi connectivity index (χ4n) is 2.15. The summed E-state index contributed by atoms with van der Waals surface area (Å²) in [7, 11) is 3.74. The molecular formula is C15H25NO. The van der Waals surface area contributed by atoms with Crippen LogP contribution in [-0.2, 0) is 0 Å². The number of rotatable bonds is 4. The second-order valence-corrected chi connectivity index (χ2v) is 5.83. The molecule has 0 saturated carbocycles. The number of ether oxygens (including phenoxy) is 1. The lowest BCUT2D eigenvalue weighted by atomic mass is 9.84. The summed E-state index contributed by atoms with van der Waals surface area (Å²) in [5.74, 6) is 0.928. The molecule has 0 aliphatic heterocycles. The molecule has 0 aromatic heterocycles. The van der Waals surface area contributed by atoms with Gasteiger partial charge in [-0.15, -0.1) is 0 Å². The van der Waals surface area contributed by atoms with Gasteiger partial charge in [-0.25, -0.2) is 0 Å². The Labute approximate surface area is 105 Å². The van der Waals surface area contributed by atoms with Crippen molar-refractivity contribution in [1.29, 1.82) is 0 Å². The van der Waals surface area contributed by atoms with Gasteiger partial charge in [0.1, 0.15) is 5.75 Å². The lowest BCUT2D eigenvalue weighted by Gasteiger charge is -2.27. The van der Waals surface area contributed by atoms with Crippen LogP contribution in [0.1, 0.15) is 44.4 Å². The molecule has 2 heteroatoms. The first-order valence-electron chi connectivity index (χ1n) is 6.19. The quantitative estimate of drug-likeness (QED) is 0.859. The monoisotopic (exact) mass is 235 g/mol. The Kier molecular flexibility index (Phi) is 4.58. The largest absolute Gasteiger partial charge is 0.497 e. The van der Waals surface area contributed by atoms with E-state index < -0.39 is 0 Å². The van der Waals surface area contributed by atoms with Gasteiger partial charge >= 0.3 is 0 Å². The van der Waals surface area contributed by atoms with E-state index in [0.29, 0.717) is 11.5 Å². The van der Waals surface area contributed by atoms with Crippen molar-refractivity contribution < 1.29 is 4.74 Å². The maximum absolute atomic E-state index is 5.24. The Bertz CT molecular complexity index is 366. The summed E-state index contributed by atoms with van der Waals surface area (Å²) in [6.07, 6.45) is 1.12. The van der Waals surface area contributed by atoms with E-state index in [0.717, 1.165) is 12.2 Å². The van der Waals surface area contributed by atoms with Crippen LogP contribution in [0.25, 0.3) is 0 Å². The van der Waals surface area contributed by atoms with Gasteiger partial charge in [-0.2, -0.15) is 0 Å². The Hall–Kier alpha value is -1.02. The van der Waals surface area contributed by atoms with E-state index in [1.165, 1.54) is 11.1 Å². The van der Waals surface area contributed by atoms with Crippen LogP contribution in [0.15, 0.2) is 18.2 Å².